The van der Waals surface area contributed by atoms with Crippen LogP contribution in [-0.4, -0.2) is 28.8 Å². The lowest BCUT2D eigenvalue weighted by Crippen LogP contribution is -2.44. The lowest BCUT2D eigenvalue weighted by Gasteiger charge is -2.21. The molecule has 1 aromatic carbocycles. The molecule has 6 heteroatoms. The van der Waals surface area contributed by atoms with Crippen LogP contribution in [0.15, 0.2) is 35.1 Å². The molecule has 2 aliphatic rings. The van der Waals surface area contributed by atoms with Crippen molar-refractivity contribution in [2.24, 2.45) is 0 Å². The number of amides is 1. The van der Waals surface area contributed by atoms with E-state index in [2.05, 4.69) is 10.4 Å². The Labute approximate surface area is 164 Å². The van der Waals surface area contributed by atoms with E-state index in [9.17, 15) is 9.59 Å². The van der Waals surface area contributed by atoms with Gasteiger partial charge < -0.3 is 10.1 Å². The van der Waals surface area contributed by atoms with Gasteiger partial charge in [0.2, 0.25) is 5.91 Å². The predicted molar refractivity (Wildman–Crippen MR) is 107 cm³/mol. The monoisotopic (exact) mass is 381 g/mol. The molecule has 1 atom stereocenters. The molecular formula is C22H27N3O3. The summed E-state index contributed by atoms with van der Waals surface area (Å²) >= 11 is 0. The smallest absolute Gasteiger partial charge is 0.267 e. The van der Waals surface area contributed by atoms with Gasteiger partial charge in [-0.25, -0.2) is 4.68 Å². The second kappa shape index (κ2) is 7.41. The Balaban J connectivity index is 1.44. The molecule has 28 heavy (non-hydrogen) atoms. The largest absolute Gasteiger partial charge is 0.497 e. The van der Waals surface area contributed by atoms with Crippen LogP contribution in [0.5, 0.6) is 5.75 Å². The molecule has 148 valence electrons. The van der Waals surface area contributed by atoms with Gasteiger partial charge in [-0.1, -0.05) is 12.1 Å². The lowest BCUT2D eigenvalue weighted by atomic mass is 9.94. The maximum atomic E-state index is 13.0. The minimum atomic E-state index is -0.450. The highest BCUT2D eigenvalue weighted by atomic mass is 16.5. The third-order valence-electron chi connectivity index (χ3n) is 5.93. The van der Waals surface area contributed by atoms with E-state index in [0.717, 1.165) is 61.1 Å². The van der Waals surface area contributed by atoms with Crippen LogP contribution in [0.25, 0.3) is 0 Å². The van der Waals surface area contributed by atoms with Gasteiger partial charge in [0.05, 0.1) is 24.8 Å². The van der Waals surface area contributed by atoms with Gasteiger partial charge in [-0.05, 0) is 68.7 Å². The van der Waals surface area contributed by atoms with Gasteiger partial charge in [-0.15, -0.1) is 0 Å². The summed E-state index contributed by atoms with van der Waals surface area (Å²) in [5.41, 5.74) is 2.59. The van der Waals surface area contributed by atoms with Gasteiger partial charge in [0.1, 0.15) is 5.75 Å². The molecule has 6 nitrogen and oxygen atoms in total. The molecule has 0 bridgehead atoms. The third kappa shape index (κ3) is 3.55. The Morgan fingerprint density at radius 3 is 2.64 bits per heavy atom. The molecule has 1 aromatic heterocycles. The molecule has 0 spiro atoms. The first-order valence-corrected chi connectivity index (χ1v) is 10.1. The highest BCUT2D eigenvalue weighted by molar-refractivity contribution is 5.91. The Morgan fingerprint density at radius 1 is 1.25 bits per heavy atom. The van der Waals surface area contributed by atoms with E-state index in [4.69, 9.17) is 4.74 Å². The number of ether oxygens (including phenoxy) is 1. The Morgan fingerprint density at radius 2 is 1.96 bits per heavy atom. The zero-order valence-corrected chi connectivity index (χ0v) is 16.5. The SMILES string of the molecule is COc1ccc(C2(C(=O)N[C@@H](C)Cn3nc4c(cc3=O)CCCC4)CC2)cc1. The van der Waals surface area contributed by atoms with Crippen LogP contribution in [0, 0.1) is 0 Å². The molecule has 4 rings (SSSR count). The maximum Gasteiger partial charge on any atom is 0.267 e. The molecule has 1 saturated carbocycles. The first-order valence-electron chi connectivity index (χ1n) is 10.1. The van der Waals surface area contributed by atoms with Gasteiger partial charge in [0.15, 0.2) is 0 Å². The number of nitrogens with zero attached hydrogens (tertiary/aromatic N) is 2. The van der Waals surface area contributed by atoms with E-state index < -0.39 is 5.41 Å². The summed E-state index contributed by atoms with van der Waals surface area (Å²) in [5.74, 6) is 0.808. The standard InChI is InChI=1S/C22H27N3O3/c1-15(14-25-20(26)13-16-5-3-4-6-19(16)24-25)23-21(27)22(11-12-22)17-7-9-18(28-2)10-8-17/h7-10,13,15H,3-6,11-12,14H2,1-2H3,(H,23,27)/t15-/m0/s1. The number of methoxy groups -OCH3 is 1. The molecule has 0 aliphatic heterocycles. The Bertz CT molecular complexity index is 929. The molecule has 1 heterocycles. The minimum absolute atomic E-state index is 0.0242. The van der Waals surface area contributed by atoms with Gasteiger partial charge in [-0.3, -0.25) is 9.59 Å². The van der Waals surface area contributed by atoms with Crippen molar-refractivity contribution in [3.05, 3.63) is 57.5 Å². The Kier molecular flexibility index (Phi) is 4.96. The van der Waals surface area contributed by atoms with Gasteiger partial charge in [0, 0.05) is 12.1 Å². The number of hydrogen-bond donors (Lipinski definition) is 1. The zero-order chi connectivity index (χ0) is 19.7. The van der Waals surface area contributed by atoms with E-state index in [1.54, 1.807) is 13.2 Å². The van der Waals surface area contributed by atoms with Crippen LogP contribution in [0.1, 0.15) is 49.4 Å². The van der Waals surface area contributed by atoms with Crippen molar-refractivity contribution >= 4 is 5.91 Å². The highest BCUT2D eigenvalue weighted by Gasteiger charge is 2.51. The van der Waals surface area contributed by atoms with E-state index >= 15 is 0 Å². The van der Waals surface area contributed by atoms with Crippen molar-refractivity contribution in [1.82, 2.24) is 15.1 Å². The molecule has 2 aliphatic carbocycles. The number of carbonyl (C=O) groups is 1. The number of benzene rings is 1. The minimum Gasteiger partial charge on any atom is -0.497 e. The molecule has 1 fully saturated rings. The van der Waals surface area contributed by atoms with Crippen molar-refractivity contribution in [3.63, 3.8) is 0 Å². The molecule has 0 radical (unpaired) electrons. The Hall–Kier alpha value is -2.63. The zero-order valence-electron chi connectivity index (χ0n) is 16.5. The lowest BCUT2D eigenvalue weighted by molar-refractivity contribution is -0.124. The van der Waals surface area contributed by atoms with Crippen LogP contribution in [0.4, 0.5) is 0 Å². The number of hydrogen-bond acceptors (Lipinski definition) is 4. The molecule has 2 aromatic rings. The summed E-state index contributed by atoms with van der Waals surface area (Å²) in [4.78, 5) is 25.3. The third-order valence-corrected chi connectivity index (χ3v) is 5.93. The van der Waals surface area contributed by atoms with E-state index in [-0.39, 0.29) is 17.5 Å². The van der Waals surface area contributed by atoms with Crippen LogP contribution < -0.4 is 15.6 Å². The van der Waals surface area contributed by atoms with Gasteiger partial charge in [-0.2, -0.15) is 5.10 Å². The number of carbonyl (C=O) groups excluding carboxylic acids is 1. The first-order chi connectivity index (χ1) is 13.5. The van der Waals surface area contributed by atoms with Crippen molar-refractivity contribution in [2.75, 3.05) is 7.11 Å². The molecular weight excluding hydrogens is 354 g/mol. The van der Waals surface area contributed by atoms with E-state index in [0.29, 0.717) is 6.54 Å². The van der Waals surface area contributed by atoms with Crippen molar-refractivity contribution < 1.29 is 9.53 Å². The molecule has 0 saturated heterocycles. The molecule has 0 unspecified atom stereocenters. The fraction of sp³-hybridized carbons (Fsp3) is 0.500. The molecule has 1 amide bonds. The number of aryl methyl sites for hydroxylation is 2. The van der Waals surface area contributed by atoms with E-state index in [1.165, 1.54) is 4.68 Å². The second-order valence-electron chi connectivity index (χ2n) is 8.03. The number of fused-ring (bicyclic) bond motifs is 1. The number of rotatable bonds is 6. The molecule has 1 N–H and O–H groups in total. The summed E-state index contributed by atoms with van der Waals surface area (Å²) in [6, 6.07) is 9.26. The predicted octanol–water partition coefficient (Wildman–Crippen LogP) is 2.37. The average molecular weight is 381 g/mol. The summed E-state index contributed by atoms with van der Waals surface area (Å²) in [5, 5.41) is 7.65. The van der Waals surface area contributed by atoms with Crippen molar-refractivity contribution in [3.8, 4) is 5.75 Å². The van der Waals surface area contributed by atoms with Crippen LogP contribution in [-0.2, 0) is 29.6 Å². The van der Waals surface area contributed by atoms with Gasteiger partial charge in [0.25, 0.3) is 5.56 Å². The quantitative estimate of drug-likeness (QED) is 0.834. The van der Waals surface area contributed by atoms with Crippen molar-refractivity contribution in [2.45, 2.75) is 63.5 Å². The van der Waals surface area contributed by atoms with Gasteiger partial charge >= 0.3 is 0 Å². The van der Waals surface area contributed by atoms with E-state index in [1.807, 2.05) is 31.2 Å². The van der Waals surface area contributed by atoms with Crippen molar-refractivity contribution in [1.29, 1.82) is 0 Å². The maximum absolute atomic E-state index is 13.0. The van der Waals surface area contributed by atoms with Crippen LogP contribution in [0.2, 0.25) is 0 Å². The summed E-state index contributed by atoms with van der Waals surface area (Å²) in [7, 11) is 1.63. The van der Waals surface area contributed by atoms with Crippen LogP contribution in [0.3, 0.4) is 0 Å². The average Bonchev–Trinajstić information content (AvgIpc) is 3.51. The first kappa shape index (κ1) is 18.7. The highest BCUT2D eigenvalue weighted by Crippen LogP contribution is 2.48. The number of aromatic nitrogens is 2. The fourth-order valence-corrected chi connectivity index (χ4v) is 4.08. The summed E-state index contributed by atoms with van der Waals surface area (Å²) < 4.78 is 6.71. The summed E-state index contributed by atoms with van der Waals surface area (Å²) in [6.07, 6.45) is 5.79. The van der Waals surface area contributed by atoms with Crippen LogP contribution >= 0.6 is 0 Å². The number of nitrogens with one attached hydrogen (secondary N) is 1. The topological polar surface area (TPSA) is 73.2 Å². The summed E-state index contributed by atoms with van der Waals surface area (Å²) in [6.45, 7) is 2.31. The normalized spacial score (nSPS) is 18.1. The fourth-order valence-electron chi connectivity index (χ4n) is 4.08. The second-order valence-corrected chi connectivity index (χ2v) is 8.03.